The van der Waals surface area contributed by atoms with Crippen molar-refractivity contribution in [1.82, 2.24) is 9.97 Å². The Bertz CT molecular complexity index is 885. The van der Waals surface area contributed by atoms with Crippen molar-refractivity contribution in [3.8, 4) is 0 Å². The Morgan fingerprint density at radius 1 is 1.04 bits per heavy atom. The van der Waals surface area contributed by atoms with Crippen LogP contribution in [0.4, 0.5) is 28.7 Å². The number of aromatic nitrogens is 2. The summed E-state index contributed by atoms with van der Waals surface area (Å²) in [7, 11) is 0. The van der Waals surface area contributed by atoms with E-state index >= 15 is 0 Å². The molecule has 0 atom stereocenters. The Morgan fingerprint density at radius 3 is 2.46 bits per heavy atom. The molecule has 0 aliphatic heterocycles. The molecule has 0 saturated carbocycles. The zero-order valence-corrected chi connectivity index (χ0v) is 15.2. The van der Waals surface area contributed by atoms with Gasteiger partial charge >= 0.3 is 0 Å². The smallest absolute Gasteiger partial charge is 0.159 e. The minimum atomic E-state index is 0.421. The number of nitrogens with zero attached hydrogens (tertiary/aromatic N) is 2. The molecular formula is C17H15BrClN5. The predicted octanol–water partition coefficient (Wildman–Crippen LogP) is 5.27. The average molecular weight is 405 g/mol. The fourth-order valence-corrected chi connectivity index (χ4v) is 2.66. The standard InChI is InChI=1S/C17H15BrClN5/c1-10-6-7-11(8-13(10)19)23-16-15(20)17(22-9-21-16)24-14-5-3-2-4-12(14)18/h2-9H,20H2,1H3,(H2,21,22,23,24). The molecule has 0 bridgehead atoms. The van der Waals surface area contributed by atoms with Crippen molar-refractivity contribution in [1.29, 1.82) is 0 Å². The van der Waals surface area contributed by atoms with Crippen LogP contribution in [0.1, 0.15) is 5.56 Å². The number of para-hydroxylation sites is 1. The number of hydrogen-bond donors (Lipinski definition) is 3. The van der Waals surface area contributed by atoms with E-state index in [-0.39, 0.29) is 0 Å². The largest absolute Gasteiger partial charge is 0.393 e. The van der Waals surface area contributed by atoms with Gasteiger partial charge in [-0.2, -0.15) is 0 Å². The number of anilines is 5. The lowest BCUT2D eigenvalue weighted by Crippen LogP contribution is -2.05. The Hall–Kier alpha value is -2.31. The lowest BCUT2D eigenvalue weighted by Gasteiger charge is -2.13. The monoisotopic (exact) mass is 403 g/mol. The first kappa shape index (κ1) is 16.5. The highest BCUT2D eigenvalue weighted by molar-refractivity contribution is 9.10. The summed E-state index contributed by atoms with van der Waals surface area (Å²) in [5.41, 5.74) is 9.30. The van der Waals surface area contributed by atoms with Crippen LogP contribution in [0.25, 0.3) is 0 Å². The highest BCUT2D eigenvalue weighted by Crippen LogP contribution is 2.31. The van der Waals surface area contributed by atoms with Gasteiger partial charge in [-0.15, -0.1) is 0 Å². The van der Waals surface area contributed by atoms with Gasteiger partial charge in [-0.1, -0.05) is 29.8 Å². The van der Waals surface area contributed by atoms with Crippen LogP contribution in [-0.4, -0.2) is 9.97 Å². The van der Waals surface area contributed by atoms with Gasteiger partial charge in [0.25, 0.3) is 0 Å². The van der Waals surface area contributed by atoms with Gasteiger partial charge in [-0.05, 0) is 52.7 Å². The fourth-order valence-electron chi connectivity index (χ4n) is 2.09. The summed E-state index contributed by atoms with van der Waals surface area (Å²) >= 11 is 9.64. The highest BCUT2D eigenvalue weighted by atomic mass is 79.9. The molecule has 0 radical (unpaired) electrons. The second-order valence-corrected chi connectivity index (χ2v) is 6.44. The lowest BCUT2D eigenvalue weighted by atomic mass is 10.2. The summed E-state index contributed by atoms with van der Waals surface area (Å²) in [5.74, 6) is 1.04. The Morgan fingerprint density at radius 2 is 1.75 bits per heavy atom. The Labute approximate surface area is 153 Å². The van der Waals surface area contributed by atoms with Crippen molar-refractivity contribution in [3.05, 3.63) is 63.9 Å². The molecule has 7 heteroatoms. The van der Waals surface area contributed by atoms with Crippen molar-refractivity contribution in [2.45, 2.75) is 6.92 Å². The molecule has 3 aromatic rings. The molecule has 1 heterocycles. The molecule has 2 aromatic carbocycles. The second kappa shape index (κ2) is 7.07. The van der Waals surface area contributed by atoms with Crippen LogP contribution in [-0.2, 0) is 0 Å². The molecule has 24 heavy (non-hydrogen) atoms. The molecule has 0 unspecified atom stereocenters. The average Bonchev–Trinajstić information content (AvgIpc) is 2.57. The zero-order valence-electron chi connectivity index (χ0n) is 12.8. The van der Waals surface area contributed by atoms with Crippen LogP contribution in [0.2, 0.25) is 5.02 Å². The van der Waals surface area contributed by atoms with Gasteiger partial charge < -0.3 is 16.4 Å². The molecule has 122 valence electrons. The molecular weight excluding hydrogens is 390 g/mol. The molecule has 0 fully saturated rings. The van der Waals surface area contributed by atoms with Crippen molar-refractivity contribution < 1.29 is 0 Å². The third-order valence-corrected chi connectivity index (χ3v) is 4.54. The van der Waals surface area contributed by atoms with Gasteiger partial charge in [0.15, 0.2) is 11.6 Å². The van der Waals surface area contributed by atoms with Gasteiger partial charge in [-0.3, -0.25) is 0 Å². The zero-order chi connectivity index (χ0) is 17.1. The molecule has 3 rings (SSSR count). The van der Waals surface area contributed by atoms with Crippen LogP contribution in [0, 0.1) is 6.92 Å². The summed E-state index contributed by atoms with van der Waals surface area (Å²) in [6.07, 6.45) is 1.45. The Kier molecular flexibility index (Phi) is 4.87. The highest BCUT2D eigenvalue weighted by Gasteiger charge is 2.10. The minimum absolute atomic E-state index is 0.421. The lowest BCUT2D eigenvalue weighted by molar-refractivity contribution is 1.17. The number of hydrogen-bond acceptors (Lipinski definition) is 5. The van der Waals surface area contributed by atoms with E-state index in [9.17, 15) is 0 Å². The summed E-state index contributed by atoms with van der Waals surface area (Å²) < 4.78 is 0.919. The quantitative estimate of drug-likeness (QED) is 0.552. The van der Waals surface area contributed by atoms with E-state index < -0.39 is 0 Å². The number of nitrogens with one attached hydrogen (secondary N) is 2. The van der Waals surface area contributed by atoms with Crippen molar-refractivity contribution in [3.63, 3.8) is 0 Å². The summed E-state index contributed by atoms with van der Waals surface area (Å²) in [6.45, 7) is 1.95. The summed E-state index contributed by atoms with van der Waals surface area (Å²) in [6, 6.07) is 13.4. The molecule has 1 aromatic heterocycles. The molecule has 0 spiro atoms. The maximum atomic E-state index is 6.20. The van der Waals surface area contributed by atoms with E-state index in [1.165, 1.54) is 6.33 Å². The molecule has 0 amide bonds. The summed E-state index contributed by atoms with van der Waals surface area (Å²) in [4.78, 5) is 8.42. The van der Waals surface area contributed by atoms with Gasteiger partial charge in [0, 0.05) is 15.2 Å². The number of nitrogens with two attached hydrogens (primary N) is 1. The van der Waals surface area contributed by atoms with Crippen molar-refractivity contribution >= 4 is 56.2 Å². The fraction of sp³-hybridized carbons (Fsp3) is 0.0588. The maximum Gasteiger partial charge on any atom is 0.159 e. The molecule has 0 aliphatic carbocycles. The van der Waals surface area contributed by atoms with Crippen molar-refractivity contribution in [2.75, 3.05) is 16.4 Å². The number of benzene rings is 2. The number of rotatable bonds is 4. The second-order valence-electron chi connectivity index (χ2n) is 5.18. The van der Waals surface area contributed by atoms with E-state index in [1.54, 1.807) is 0 Å². The minimum Gasteiger partial charge on any atom is -0.393 e. The molecule has 0 aliphatic rings. The van der Waals surface area contributed by atoms with Crippen LogP contribution in [0.3, 0.4) is 0 Å². The van der Waals surface area contributed by atoms with E-state index in [1.807, 2.05) is 49.4 Å². The van der Waals surface area contributed by atoms with Crippen LogP contribution >= 0.6 is 27.5 Å². The first-order valence-electron chi connectivity index (χ1n) is 7.20. The first-order valence-corrected chi connectivity index (χ1v) is 8.37. The van der Waals surface area contributed by atoms with Crippen LogP contribution in [0.5, 0.6) is 0 Å². The number of aryl methyl sites for hydroxylation is 1. The normalized spacial score (nSPS) is 10.5. The van der Waals surface area contributed by atoms with Gasteiger partial charge in [0.2, 0.25) is 0 Å². The van der Waals surface area contributed by atoms with Crippen LogP contribution < -0.4 is 16.4 Å². The number of nitrogen functional groups attached to an aromatic ring is 1. The topological polar surface area (TPSA) is 75.9 Å². The Balaban J connectivity index is 1.88. The SMILES string of the molecule is Cc1ccc(Nc2ncnc(Nc3ccccc3Br)c2N)cc1Cl. The third-order valence-electron chi connectivity index (χ3n) is 3.45. The van der Waals surface area contributed by atoms with Gasteiger partial charge in [-0.25, -0.2) is 9.97 Å². The maximum absolute atomic E-state index is 6.20. The van der Waals surface area contributed by atoms with E-state index in [2.05, 4.69) is 36.5 Å². The summed E-state index contributed by atoms with van der Waals surface area (Å²) in [5, 5.41) is 7.05. The van der Waals surface area contributed by atoms with E-state index in [0.717, 1.165) is 21.4 Å². The predicted molar refractivity (Wildman–Crippen MR) is 103 cm³/mol. The van der Waals surface area contributed by atoms with E-state index in [4.69, 9.17) is 17.3 Å². The first-order chi connectivity index (χ1) is 11.5. The molecule has 5 nitrogen and oxygen atoms in total. The van der Waals surface area contributed by atoms with Gasteiger partial charge in [0.05, 0.1) is 5.69 Å². The number of halogens is 2. The third kappa shape index (κ3) is 3.60. The van der Waals surface area contributed by atoms with Crippen molar-refractivity contribution in [2.24, 2.45) is 0 Å². The van der Waals surface area contributed by atoms with Crippen LogP contribution in [0.15, 0.2) is 53.3 Å². The van der Waals surface area contributed by atoms with Gasteiger partial charge in [0.1, 0.15) is 12.0 Å². The van der Waals surface area contributed by atoms with E-state index in [0.29, 0.717) is 22.3 Å². The molecule has 0 saturated heterocycles. The molecule has 4 N–H and O–H groups in total.